The first-order valence-corrected chi connectivity index (χ1v) is 7.64. The van der Waals surface area contributed by atoms with Crippen LogP contribution in [-0.2, 0) is 21.2 Å². The molecule has 1 aromatic rings. The minimum atomic E-state index is -3.06. The predicted octanol–water partition coefficient (Wildman–Crippen LogP) is 0.733. The Morgan fingerprint density at radius 2 is 2.00 bits per heavy atom. The molecule has 7 heteroatoms. The SMILES string of the molecule is Cc1nn(CCS(C)(=O)=O)c(C)c1C(C)C(=O)O. The van der Waals surface area contributed by atoms with Crippen LogP contribution in [0.25, 0.3) is 0 Å². The smallest absolute Gasteiger partial charge is 0.310 e. The van der Waals surface area contributed by atoms with E-state index in [-0.39, 0.29) is 12.3 Å². The van der Waals surface area contributed by atoms with Gasteiger partial charge in [0.15, 0.2) is 0 Å². The maximum absolute atomic E-state index is 11.1. The van der Waals surface area contributed by atoms with Crippen LogP contribution in [0.5, 0.6) is 0 Å². The summed E-state index contributed by atoms with van der Waals surface area (Å²) >= 11 is 0. The summed E-state index contributed by atoms with van der Waals surface area (Å²) in [6.45, 7) is 5.34. The molecule has 0 bridgehead atoms. The van der Waals surface area contributed by atoms with Crippen molar-refractivity contribution in [3.05, 3.63) is 17.0 Å². The van der Waals surface area contributed by atoms with Crippen LogP contribution >= 0.6 is 0 Å². The molecule has 0 saturated carbocycles. The van der Waals surface area contributed by atoms with Gasteiger partial charge < -0.3 is 5.11 Å². The van der Waals surface area contributed by atoms with Gasteiger partial charge in [-0.25, -0.2) is 8.42 Å². The Kier molecular flexibility index (Phi) is 4.16. The lowest BCUT2D eigenvalue weighted by Gasteiger charge is -2.08. The van der Waals surface area contributed by atoms with E-state index in [0.29, 0.717) is 17.0 Å². The summed E-state index contributed by atoms with van der Waals surface area (Å²) < 4.78 is 23.8. The third-order valence-electron chi connectivity index (χ3n) is 2.91. The molecule has 102 valence electrons. The minimum Gasteiger partial charge on any atom is -0.481 e. The van der Waals surface area contributed by atoms with E-state index in [1.54, 1.807) is 25.5 Å². The first-order chi connectivity index (χ1) is 8.13. The van der Waals surface area contributed by atoms with E-state index in [9.17, 15) is 13.2 Å². The monoisotopic (exact) mass is 274 g/mol. The molecule has 1 heterocycles. The average molecular weight is 274 g/mol. The molecule has 6 nitrogen and oxygen atoms in total. The lowest BCUT2D eigenvalue weighted by molar-refractivity contribution is -0.138. The largest absolute Gasteiger partial charge is 0.481 e. The quantitative estimate of drug-likeness (QED) is 0.855. The Morgan fingerprint density at radius 3 is 2.44 bits per heavy atom. The molecule has 0 saturated heterocycles. The maximum Gasteiger partial charge on any atom is 0.310 e. The normalized spacial score (nSPS) is 13.6. The van der Waals surface area contributed by atoms with Gasteiger partial charge in [-0.3, -0.25) is 9.48 Å². The fourth-order valence-corrected chi connectivity index (χ4v) is 2.44. The Morgan fingerprint density at radius 1 is 1.44 bits per heavy atom. The van der Waals surface area contributed by atoms with Gasteiger partial charge in [0.05, 0.1) is 23.9 Å². The second-order valence-corrected chi connectivity index (χ2v) is 6.76. The van der Waals surface area contributed by atoms with Crippen molar-refractivity contribution in [3.8, 4) is 0 Å². The van der Waals surface area contributed by atoms with Crippen molar-refractivity contribution in [2.75, 3.05) is 12.0 Å². The van der Waals surface area contributed by atoms with Crippen LogP contribution in [0.1, 0.15) is 29.8 Å². The molecule has 1 aromatic heterocycles. The van der Waals surface area contributed by atoms with Gasteiger partial charge in [0.1, 0.15) is 9.84 Å². The number of carboxylic acid groups (broad SMARTS) is 1. The zero-order valence-electron chi connectivity index (χ0n) is 11.0. The zero-order chi connectivity index (χ0) is 14.1. The number of nitrogens with zero attached hydrogens (tertiary/aromatic N) is 2. The van der Waals surface area contributed by atoms with Crippen molar-refractivity contribution < 1.29 is 18.3 Å². The molecule has 18 heavy (non-hydrogen) atoms. The highest BCUT2D eigenvalue weighted by Gasteiger charge is 2.22. The van der Waals surface area contributed by atoms with Gasteiger partial charge in [-0.15, -0.1) is 0 Å². The molecule has 0 aliphatic carbocycles. The first kappa shape index (κ1) is 14.7. The standard InChI is InChI=1S/C11H18N2O4S/c1-7(11(14)15)10-8(2)12-13(9(10)3)5-6-18(4,16)17/h7H,5-6H2,1-4H3,(H,14,15). The number of aryl methyl sites for hydroxylation is 2. The van der Waals surface area contributed by atoms with Crippen LogP contribution in [0, 0.1) is 13.8 Å². The Balaban J connectivity index is 3.04. The summed E-state index contributed by atoms with van der Waals surface area (Å²) in [4.78, 5) is 11.0. The third-order valence-corrected chi connectivity index (χ3v) is 3.84. The van der Waals surface area contributed by atoms with E-state index in [4.69, 9.17) is 5.11 Å². The van der Waals surface area contributed by atoms with Gasteiger partial charge in [-0.1, -0.05) is 0 Å². The molecule has 1 N–H and O–H groups in total. The first-order valence-electron chi connectivity index (χ1n) is 5.58. The average Bonchev–Trinajstić information content (AvgIpc) is 2.49. The fraction of sp³-hybridized carbons (Fsp3) is 0.636. The number of hydrogen-bond acceptors (Lipinski definition) is 4. The van der Waals surface area contributed by atoms with Gasteiger partial charge in [-0.05, 0) is 20.8 Å². The highest BCUT2D eigenvalue weighted by molar-refractivity contribution is 7.90. The van der Waals surface area contributed by atoms with E-state index >= 15 is 0 Å². The summed E-state index contributed by atoms with van der Waals surface area (Å²) in [6.07, 6.45) is 1.17. The molecule has 1 unspecified atom stereocenters. The Labute approximate surface area is 107 Å². The second kappa shape index (κ2) is 5.09. The van der Waals surface area contributed by atoms with Crippen LogP contribution in [0.4, 0.5) is 0 Å². The predicted molar refractivity (Wildman–Crippen MR) is 67.5 cm³/mol. The Hall–Kier alpha value is -1.37. The van der Waals surface area contributed by atoms with Gasteiger partial charge in [0.25, 0.3) is 0 Å². The maximum atomic E-state index is 11.1. The molecule has 1 rings (SSSR count). The highest BCUT2D eigenvalue weighted by Crippen LogP contribution is 2.23. The summed E-state index contributed by atoms with van der Waals surface area (Å²) in [5.41, 5.74) is 2.01. The number of carboxylic acids is 1. The topological polar surface area (TPSA) is 89.3 Å². The molecule has 1 atom stereocenters. The number of rotatable bonds is 5. The van der Waals surface area contributed by atoms with Crippen LogP contribution < -0.4 is 0 Å². The van der Waals surface area contributed by atoms with Crippen LogP contribution in [0.3, 0.4) is 0 Å². The molecule has 0 fully saturated rings. The second-order valence-electron chi connectivity index (χ2n) is 4.50. The van der Waals surface area contributed by atoms with Gasteiger partial charge in [0, 0.05) is 17.5 Å². The molecule has 0 aromatic carbocycles. The molecule has 0 amide bonds. The molecular formula is C11H18N2O4S. The number of aromatic nitrogens is 2. The minimum absolute atomic E-state index is 0.00411. The Bertz CT molecular complexity index is 560. The van der Waals surface area contributed by atoms with E-state index in [0.717, 1.165) is 0 Å². The lowest BCUT2D eigenvalue weighted by atomic mass is 9.99. The molecule has 0 radical (unpaired) electrons. The van der Waals surface area contributed by atoms with Gasteiger partial charge >= 0.3 is 5.97 Å². The van der Waals surface area contributed by atoms with Crippen LogP contribution in [0.15, 0.2) is 0 Å². The highest BCUT2D eigenvalue weighted by atomic mass is 32.2. The van der Waals surface area contributed by atoms with Crippen molar-refractivity contribution in [1.29, 1.82) is 0 Å². The van der Waals surface area contributed by atoms with E-state index in [1.807, 2.05) is 0 Å². The van der Waals surface area contributed by atoms with Gasteiger partial charge in [0.2, 0.25) is 0 Å². The molecular weight excluding hydrogens is 256 g/mol. The molecule has 0 spiro atoms. The van der Waals surface area contributed by atoms with Crippen LogP contribution in [-0.4, -0.2) is 41.3 Å². The zero-order valence-corrected chi connectivity index (χ0v) is 11.8. The van der Waals surface area contributed by atoms with Crippen molar-refractivity contribution >= 4 is 15.8 Å². The summed E-state index contributed by atoms with van der Waals surface area (Å²) in [5, 5.41) is 13.2. The third kappa shape index (κ3) is 3.32. The van der Waals surface area contributed by atoms with Gasteiger partial charge in [-0.2, -0.15) is 5.10 Å². The number of hydrogen-bond donors (Lipinski definition) is 1. The fourth-order valence-electron chi connectivity index (χ4n) is 1.93. The summed E-state index contributed by atoms with van der Waals surface area (Å²) in [5.74, 6) is -1.56. The van der Waals surface area contributed by atoms with E-state index in [2.05, 4.69) is 5.10 Å². The van der Waals surface area contributed by atoms with Crippen LogP contribution in [0.2, 0.25) is 0 Å². The lowest BCUT2D eigenvalue weighted by Crippen LogP contribution is -2.14. The van der Waals surface area contributed by atoms with Crippen molar-refractivity contribution in [2.24, 2.45) is 0 Å². The summed E-state index contributed by atoms with van der Waals surface area (Å²) in [7, 11) is -3.06. The van der Waals surface area contributed by atoms with E-state index in [1.165, 1.54) is 6.26 Å². The molecule has 0 aliphatic heterocycles. The molecule has 0 aliphatic rings. The van der Waals surface area contributed by atoms with Crippen molar-refractivity contribution in [1.82, 2.24) is 9.78 Å². The van der Waals surface area contributed by atoms with E-state index < -0.39 is 21.7 Å². The number of aliphatic carboxylic acids is 1. The number of carbonyl (C=O) groups is 1. The number of sulfone groups is 1. The van der Waals surface area contributed by atoms with Crippen molar-refractivity contribution in [3.63, 3.8) is 0 Å². The summed E-state index contributed by atoms with van der Waals surface area (Å²) in [6, 6.07) is 0. The van der Waals surface area contributed by atoms with Crippen molar-refractivity contribution in [2.45, 2.75) is 33.2 Å².